The van der Waals surface area contributed by atoms with Crippen LogP contribution in [0.4, 0.5) is 0 Å². The fraction of sp³-hybridized carbons (Fsp3) is 0.911. The minimum Gasteiger partial charge on any atom is -0.462 e. The number of esters is 2. The Bertz CT molecular complexity index is 1280. The molecule has 0 aromatic heterocycles. The van der Waals surface area contributed by atoms with Crippen LogP contribution in [-0.2, 0) is 41.8 Å². The maximum atomic E-state index is 13.0. The van der Waals surface area contributed by atoms with E-state index >= 15 is 0 Å². The standard InChI is InChI=1S/C45H86O16P2/c1-3-5-7-9-11-13-15-17-19-21-23-25-27-29-31-33-38(46)57-35-37(59-39(47)34-32-30-28-26-24-22-20-18-16-14-12-10-8-6-4-2)36-58-63(55,56)61-45-42(50)40(48)41(49)44(43(45)51)60-62(52,53)54/h14,16,37,40-45,48-51H,3-13,15,17-36H2,1-2H3,(H,55,56)(H2,52,53,54). The fourth-order valence-corrected chi connectivity index (χ4v) is 9.09. The van der Waals surface area contributed by atoms with E-state index in [-0.39, 0.29) is 12.8 Å². The van der Waals surface area contributed by atoms with Crippen LogP contribution in [0.25, 0.3) is 0 Å². The zero-order valence-corrected chi connectivity index (χ0v) is 40.3. The average molecular weight is 945 g/mol. The number of aliphatic hydroxyl groups excluding tert-OH is 4. The summed E-state index contributed by atoms with van der Waals surface area (Å²) in [4.78, 5) is 54.3. The number of ether oxygens (including phenoxy) is 2. The number of phosphoric acid groups is 2. The van der Waals surface area contributed by atoms with Crippen molar-refractivity contribution in [3.05, 3.63) is 12.2 Å². The smallest absolute Gasteiger partial charge is 0.462 e. The molecule has 8 atom stereocenters. The van der Waals surface area contributed by atoms with Crippen LogP contribution in [0, 0.1) is 0 Å². The van der Waals surface area contributed by atoms with Crippen molar-refractivity contribution in [1.82, 2.24) is 0 Å². The molecule has 7 N–H and O–H groups in total. The first-order valence-corrected chi connectivity index (χ1v) is 27.3. The van der Waals surface area contributed by atoms with Crippen LogP contribution in [0.2, 0.25) is 0 Å². The van der Waals surface area contributed by atoms with Crippen LogP contribution < -0.4 is 0 Å². The second-order valence-corrected chi connectivity index (χ2v) is 19.8. The van der Waals surface area contributed by atoms with Gasteiger partial charge in [0.2, 0.25) is 0 Å². The lowest BCUT2D eigenvalue weighted by molar-refractivity contribution is -0.216. The molecule has 0 aromatic carbocycles. The van der Waals surface area contributed by atoms with E-state index in [4.69, 9.17) is 18.5 Å². The molecule has 63 heavy (non-hydrogen) atoms. The van der Waals surface area contributed by atoms with E-state index in [1.165, 1.54) is 89.9 Å². The summed E-state index contributed by atoms with van der Waals surface area (Å²) in [7, 11) is -10.7. The Balaban J connectivity index is 2.58. The molecule has 1 aliphatic carbocycles. The van der Waals surface area contributed by atoms with Crippen LogP contribution in [0.1, 0.15) is 206 Å². The van der Waals surface area contributed by atoms with Gasteiger partial charge in [-0.2, -0.15) is 0 Å². The van der Waals surface area contributed by atoms with Crippen molar-refractivity contribution in [2.24, 2.45) is 0 Å². The van der Waals surface area contributed by atoms with E-state index in [1.54, 1.807) is 0 Å². The Labute approximate surface area is 378 Å². The zero-order chi connectivity index (χ0) is 46.8. The third-order valence-corrected chi connectivity index (χ3v) is 12.8. The van der Waals surface area contributed by atoms with Gasteiger partial charge in [0.15, 0.2) is 6.10 Å². The van der Waals surface area contributed by atoms with Crippen molar-refractivity contribution in [2.75, 3.05) is 13.2 Å². The predicted octanol–water partition coefficient (Wildman–Crippen LogP) is 9.18. The number of hydrogen-bond donors (Lipinski definition) is 7. The van der Waals surface area contributed by atoms with Crippen LogP contribution in [0.3, 0.4) is 0 Å². The summed E-state index contributed by atoms with van der Waals surface area (Å²) in [6.07, 6.45) is 21.6. The summed E-state index contributed by atoms with van der Waals surface area (Å²) in [5.41, 5.74) is 0. The first-order valence-electron chi connectivity index (χ1n) is 24.2. The molecule has 1 saturated carbocycles. The van der Waals surface area contributed by atoms with Gasteiger partial charge in [0.25, 0.3) is 0 Å². The molecule has 1 aliphatic rings. The molecule has 0 radical (unpaired) electrons. The van der Waals surface area contributed by atoms with Gasteiger partial charge in [0.05, 0.1) is 6.61 Å². The second-order valence-electron chi connectivity index (χ2n) is 17.2. The zero-order valence-electron chi connectivity index (χ0n) is 38.5. The third-order valence-electron chi connectivity index (χ3n) is 11.3. The lowest BCUT2D eigenvalue weighted by Crippen LogP contribution is -2.64. The van der Waals surface area contributed by atoms with Gasteiger partial charge in [-0.15, -0.1) is 0 Å². The molecule has 372 valence electrons. The van der Waals surface area contributed by atoms with E-state index in [0.29, 0.717) is 12.8 Å². The molecule has 0 spiro atoms. The van der Waals surface area contributed by atoms with Gasteiger partial charge < -0.3 is 44.6 Å². The molecule has 0 aromatic rings. The average Bonchev–Trinajstić information content (AvgIpc) is 3.23. The predicted molar refractivity (Wildman–Crippen MR) is 241 cm³/mol. The fourth-order valence-electron chi connectivity index (χ4n) is 7.55. The molecular weight excluding hydrogens is 858 g/mol. The van der Waals surface area contributed by atoms with Crippen LogP contribution in [0.15, 0.2) is 12.2 Å². The topological polar surface area (TPSA) is 256 Å². The van der Waals surface area contributed by atoms with Gasteiger partial charge >= 0.3 is 27.6 Å². The molecule has 0 aliphatic heterocycles. The Hall–Kier alpha value is -1.26. The number of aliphatic hydroxyl groups is 4. The normalized spacial score (nSPS) is 22.0. The van der Waals surface area contributed by atoms with Gasteiger partial charge in [0.1, 0.15) is 43.2 Å². The number of allylic oxidation sites excluding steroid dienone is 2. The summed E-state index contributed by atoms with van der Waals surface area (Å²) >= 11 is 0. The molecule has 16 nitrogen and oxygen atoms in total. The first kappa shape index (κ1) is 59.8. The maximum absolute atomic E-state index is 13.0. The molecule has 0 heterocycles. The molecule has 0 bridgehead atoms. The van der Waals surface area contributed by atoms with Crippen molar-refractivity contribution in [3.63, 3.8) is 0 Å². The van der Waals surface area contributed by atoms with Crippen LogP contribution in [-0.4, -0.2) is 103 Å². The highest BCUT2D eigenvalue weighted by Crippen LogP contribution is 2.49. The van der Waals surface area contributed by atoms with Gasteiger partial charge in [0, 0.05) is 12.8 Å². The summed E-state index contributed by atoms with van der Waals surface area (Å²) in [5, 5.41) is 41.2. The number of phosphoric ester groups is 2. The molecular formula is C45H86O16P2. The van der Waals surface area contributed by atoms with E-state index in [1.807, 2.05) is 0 Å². The van der Waals surface area contributed by atoms with Crippen molar-refractivity contribution >= 4 is 27.6 Å². The molecule has 0 amide bonds. The minimum atomic E-state index is -5.36. The highest BCUT2D eigenvalue weighted by molar-refractivity contribution is 7.47. The first-order chi connectivity index (χ1) is 30.1. The van der Waals surface area contributed by atoms with Crippen molar-refractivity contribution in [1.29, 1.82) is 0 Å². The van der Waals surface area contributed by atoms with Crippen LogP contribution in [0.5, 0.6) is 0 Å². The van der Waals surface area contributed by atoms with E-state index in [9.17, 15) is 53.8 Å². The number of unbranched alkanes of at least 4 members (excludes halogenated alkanes) is 25. The lowest BCUT2D eigenvalue weighted by atomic mass is 9.85. The van der Waals surface area contributed by atoms with Gasteiger partial charge in [-0.05, 0) is 38.5 Å². The van der Waals surface area contributed by atoms with Crippen molar-refractivity contribution in [3.8, 4) is 0 Å². The Morgan fingerprint density at radius 1 is 0.492 bits per heavy atom. The van der Waals surface area contributed by atoms with Crippen molar-refractivity contribution in [2.45, 2.75) is 249 Å². The van der Waals surface area contributed by atoms with Gasteiger partial charge in [-0.3, -0.25) is 23.2 Å². The second kappa shape index (κ2) is 36.8. The SMILES string of the molecule is CCCCCCC=CCCCCCCCCCC(=O)OC(COC(=O)CCCCCCCCCCCCCCCCC)COP(=O)(O)OC1C(O)C(O)C(O)C(OP(=O)(O)O)C1O. The van der Waals surface area contributed by atoms with Gasteiger partial charge in [-0.1, -0.05) is 167 Å². The summed E-state index contributed by atoms with van der Waals surface area (Å²) in [6, 6.07) is 0. The lowest BCUT2D eigenvalue weighted by Gasteiger charge is -2.43. The van der Waals surface area contributed by atoms with Crippen molar-refractivity contribution < 1.29 is 76.9 Å². The quantitative estimate of drug-likeness (QED) is 0.0130. The van der Waals surface area contributed by atoms with E-state index in [2.05, 4.69) is 30.5 Å². The number of carbonyl (C=O) groups excluding carboxylic acids is 2. The van der Waals surface area contributed by atoms with Crippen LogP contribution >= 0.6 is 15.6 Å². The largest absolute Gasteiger partial charge is 0.472 e. The Morgan fingerprint density at radius 3 is 1.32 bits per heavy atom. The minimum absolute atomic E-state index is 0.0432. The maximum Gasteiger partial charge on any atom is 0.472 e. The molecule has 8 unspecified atom stereocenters. The summed E-state index contributed by atoms with van der Waals surface area (Å²) in [5.74, 6) is -1.20. The number of carbonyl (C=O) groups is 2. The number of hydrogen-bond acceptors (Lipinski definition) is 13. The molecule has 18 heteroatoms. The highest BCUT2D eigenvalue weighted by Gasteiger charge is 2.54. The molecule has 0 saturated heterocycles. The van der Waals surface area contributed by atoms with E-state index < -0.39 is 83.5 Å². The third kappa shape index (κ3) is 31.4. The monoisotopic (exact) mass is 945 g/mol. The Morgan fingerprint density at radius 2 is 0.873 bits per heavy atom. The molecule has 1 rings (SSSR count). The van der Waals surface area contributed by atoms with E-state index in [0.717, 1.165) is 77.0 Å². The van der Waals surface area contributed by atoms with Gasteiger partial charge in [-0.25, -0.2) is 9.13 Å². The summed E-state index contributed by atoms with van der Waals surface area (Å²) in [6.45, 7) is 3.11. The number of rotatable bonds is 41. The molecule has 1 fully saturated rings. The highest BCUT2D eigenvalue weighted by atomic mass is 31.2. The summed E-state index contributed by atoms with van der Waals surface area (Å²) < 4.78 is 49.4. The Kier molecular flexibility index (Phi) is 34.9.